The number of nitrogens with two attached hydrogens (primary N) is 1. The molecule has 0 fully saturated rings. The van der Waals surface area contributed by atoms with Gasteiger partial charge in [-0.25, -0.2) is 0 Å². The van der Waals surface area contributed by atoms with Crippen molar-refractivity contribution in [2.45, 2.75) is 60.4 Å². The van der Waals surface area contributed by atoms with Gasteiger partial charge in [0.2, 0.25) is 0 Å². The monoisotopic (exact) mass is 227 g/mol. The van der Waals surface area contributed by atoms with E-state index in [1.807, 2.05) is 41.5 Å². The zero-order valence-corrected chi connectivity index (χ0v) is 11.4. The highest BCUT2D eigenvalue weighted by Crippen LogP contribution is 2.22. The van der Waals surface area contributed by atoms with Gasteiger partial charge in [0.05, 0.1) is 6.04 Å². The van der Waals surface area contributed by atoms with E-state index in [2.05, 4.69) is 0 Å². The van der Waals surface area contributed by atoms with Crippen molar-refractivity contribution in [3.05, 3.63) is 0 Å². The Labute approximate surface area is 98.8 Å². The van der Waals surface area contributed by atoms with Crippen LogP contribution < -0.4 is 5.73 Å². The Morgan fingerprint density at radius 1 is 1.06 bits per heavy atom. The first-order valence-corrected chi connectivity index (χ1v) is 5.75. The van der Waals surface area contributed by atoms with Gasteiger partial charge in [-0.15, -0.1) is 0 Å². The Hall–Kier alpha value is -0.700. The first kappa shape index (κ1) is 15.3. The third-order valence-corrected chi connectivity index (χ3v) is 2.25. The van der Waals surface area contributed by atoms with Gasteiger partial charge in [-0.3, -0.25) is 9.59 Å². The molecule has 0 aliphatic heterocycles. The van der Waals surface area contributed by atoms with E-state index in [1.54, 1.807) is 0 Å². The van der Waals surface area contributed by atoms with Crippen molar-refractivity contribution in [3.8, 4) is 0 Å². The summed E-state index contributed by atoms with van der Waals surface area (Å²) in [5.41, 5.74) is 5.24. The molecule has 0 amide bonds. The van der Waals surface area contributed by atoms with Crippen molar-refractivity contribution in [1.82, 2.24) is 0 Å². The van der Waals surface area contributed by atoms with Crippen molar-refractivity contribution in [3.63, 3.8) is 0 Å². The van der Waals surface area contributed by atoms with Crippen molar-refractivity contribution in [2.75, 3.05) is 0 Å². The molecular formula is C13H25NO2. The summed E-state index contributed by atoms with van der Waals surface area (Å²) in [6.07, 6.45) is 0.630. The SMILES string of the molecule is CC(C)(C)CC(=O)C[C@H](N)C(=O)C(C)(C)C. The fourth-order valence-electron chi connectivity index (χ4n) is 1.56. The minimum atomic E-state index is -0.658. The number of carbonyl (C=O) groups is 2. The second-order valence-corrected chi connectivity index (χ2v) is 6.70. The molecule has 0 aromatic heterocycles. The van der Waals surface area contributed by atoms with E-state index in [-0.39, 0.29) is 23.4 Å². The van der Waals surface area contributed by atoms with Crippen LogP contribution in [0.5, 0.6) is 0 Å². The van der Waals surface area contributed by atoms with Gasteiger partial charge in [0, 0.05) is 18.3 Å². The van der Waals surface area contributed by atoms with Crippen LogP contribution in [-0.2, 0) is 9.59 Å². The van der Waals surface area contributed by atoms with Gasteiger partial charge >= 0.3 is 0 Å². The summed E-state index contributed by atoms with van der Waals surface area (Å²) in [6.45, 7) is 11.5. The van der Waals surface area contributed by atoms with Crippen LogP contribution in [-0.4, -0.2) is 17.6 Å². The quantitative estimate of drug-likeness (QED) is 0.801. The van der Waals surface area contributed by atoms with Gasteiger partial charge in [-0.1, -0.05) is 41.5 Å². The van der Waals surface area contributed by atoms with Crippen LogP contribution in [0.2, 0.25) is 0 Å². The van der Waals surface area contributed by atoms with Crippen molar-refractivity contribution in [2.24, 2.45) is 16.6 Å². The maximum Gasteiger partial charge on any atom is 0.155 e. The van der Waals surface area contributed by atoms with E-state index >= 15 is 0 Å². The fraction of sp³-hybridized carbons (Fsp3) is 0.846. The minimum absolute atomic E-state index is 0.0401. The molecule has 0 aromatic rings. The molecule has 3 nitrogen and oxygen atoms in total. The number of rotatable bonds is 4. The van der Waals surface area contributed by atoms with E-state index < -0.39 is 11.5 Å². The molecule has 16 heavy (non-hydrogen) atoms. The van der Waals surface area contributed by atoms with Gasteiger partial charge < -0.3 is 5.73 Å². The molecular weight excluding hydrogens is 202 g/mol. The van der Waals surface area contributed by atoms with Crippen LogP contribution in [0.25, 0.3) is 0 Å². The largest absolute Gasteiger partial charge is 0.321 e. The number of Topliss-reactive ketones (excluding diaryl/α,β-unsaturated/α-hetero) is 2. The molecule has 0 radical (unpaired) electrons. The Morgan fingerprint density at radius 3 is 1.81 bits per heavy atom. The predicted octanol–water partition coefficient (Wildman–Crippen LogP) is 2.32. The van der Waals surface area contributed by atoms with Gasteiger partial charge in [0.25, 0.3) is 0 Å². The summed E-state index contributed by atoms with van der Waals surface area (Å²) in [6, 6.07) is -0.658. The molecule has 3 heteroatoms. The highest BCUT2D eigenvalue weighted by Gasteiger charge is 2.29. The Kier molecular flexibility index (Phi) is 4.86. The maximum absolute atomic E-state index is 11.8. The zero-order chi connectivity index (χ0) is 13.1. The summed E-state index contributed by atoms with van der Waals surface area (Å²) < 4.78 is 0. The Morgan fingerprint density at radius 2 is 1.50 bits per heavy atom. The summed E-state index contributed by atoms with van der Waals surface area (Å²) in [4.78, 5) is 23.5. The van der Waals surface area contributed by atoms with Crippen LogP contribution in [0, 0.1) is 10.8 Å². The van der Waals surface area contributed by atoms with Crippen LogP contribution in [0.3, 0.4) is 0 Å². The van der Waals surface area contributed by atoms with Crippen LogP contribution in [0.15, 0.2) is 0 Å². The maximum atomic E-state index is 11.8. The van der Waals surface area contributed by atoms with Gasteiger partial charge in [0.1, 0.15) is 5.78 Å². The van der Waals surface area contributed by atoms with Crippen LogP contribution in [0.1, 0.15) is 54.4 Å². The van der Waals surface area contributed by atoms with Crippen molar-refractivity contribution < 1.29 is 9.59 Å². The summed E-state index contributed by atoms with van der Waals surface area (Å²) in [5.74, 6) is 0.0207. The Bertz CT molecular complexity index is 269. The topological polar surface area (TPSA) is 60.2 Å². The molecule has 0 unspecified atom stereocenters. The first-order chi connectivity index (χ1) is 6.93. The average Bonchev–Trinajstić information content (AvgIpc) is 1.96. The van der Waals surface area contributed by atoms with E-state index in [4.69, 9.17) is 5.73 Å². The van der Waals surface area contributed by atoms with E-state index in [9.17, 15) is 9.59 Å². The molecule has 0 aromatic carbocycles. The molecule has 0 bridgehead atoms. The van der Waals surface area contributed by atoms with Crippen LogP contribution in [0.4, 0.5) is 0 Å². The van der Waals surface area contributed by atoms with Crippen molar-refractivity contribution in [1.29, 1.82) is 0 Å². The summed E-state index contributed by atoms with van der Waals surface area (Å²) >= 11 is 0. The van der Waals surface area contributed by atoms with Gasteiger partial charge in [-0.2, -0.15) is 0 Å². The number of hydrogen-bond donors (Lipinski definition) is 1. The highest BCUT2D eigenvalue weighted by atomic mass is 16.1. The van der Waals surface area contributed by atoms with Gasteiger partial charge in [-0.05, 0) is 5.41 Å². The van der Waals surface area contributed by atoms with Crippen molar-refractivity contribution >= 4 is 11.6 Å². The molecule has 0 aliphatic carbocycles. The first-order valence-electron chi connectivity index (χ1n) is 5.75. The summed E-state index contributed by atoms with van der Waals surface area (Å²) in [5, 5.41) is 0. The fourth-order valence-corrected chi connectivity index (χ4v) is 1.56. The lowest BCUT2D eigenvalue weighted by Gasteiger charge is -2.22. The molecule has 94 valence electrons. The summed E-state index contributed by atoms with van der Waals surface area (Å²) in [7, 11) is 0. The average molecular weight is 227 g/mol. The van der Waals surface area contributed by atoms with E-state index in [0.717, 1.165) is 0 Å². The van der Waals surface area contributed by atoms with E-state index in [1.165, 1.54) is 0 Å². The lowest BCUT2D eigenvalue weighted by atomic mass is 9.83. The molecule has 0 saturated heterocycles. The van der Waals surface area contributed by atoms with Gasteiger partial charge in [0.15, 0.2) is 5.78 Å². The number of hydrogen-bond acceptors (Lipinski definition) is 3. The molecule has 1 atom stereocenters. The lowest BCUT2D eigenvalue weighted by molar-refractivity contribution is -0.131. The van der Waals surface area contributed by atoms with Crippen LogP contribution >= 0.6 is 0 Å². The second-order valence-electron chi connectivity index (χ2n) is 6.70. The molecule has 0 heterocycles. The third kappa shape index (κ3) is 6.01. The molecule has 0 saturated carbocycles. The normalized spacial score (nSPS) is 14.7. The second kappa shape index (κ2) is 5.09. The number of carbonyl (C=O) groups excluding carboxylic acids is 2. The standard InChI is InChI=1S/C13H25NO2/c1-12(2,3)8-9(15)7-10(14)11(16)13(4,5)6/h10H,7-8,14H2,1-6H3/t10-/m0/s1. The zero-order valence-electron chi connectivity index (χ0n) is 11.4. The number of ketones is 2. The smallest absolute Gasteiger partial charge is 0.155 e. The molecule has 2 N–H and O–H groups in total. The lowest BCUT2D eigenvalue weighted by Crippen LogP contribution is -2.40. The minimum Gasteiger partial charge on any atom is -0.321 e. The molecule has 0 rings (SSSR count). The Balaban J connectivity index is 4.32. The van der Waals surface area contributed by atoms with E-state index in [0.29, 0.717) is 6.42 Å². The highest BCUT2D eigenvalue weighted by molar-refractivity contribution is 5.93. The molecule has 0 aliphatic rings. The predicted molar refractivity (Wildman–Crippen MR) is 66.1 cm³/mol. The molecule has 0 spiro atoms. The third-order valence-electron chi connectivity index (χ3n) is 2.25.